The summed E-state index contributed by atoms with van der Waals surface area (Å²) in [5.74, 6) is -0.125. The van der Waals surface area contributed by atoms with Crippen LogP contribution in [0.15, 0.2) is 18.2 Å². The van der Waals surface area contributed by atoms with Crippen LogP contribution in [-0.4, -0.2) is 24.7 Å². The third-order valence-electron chi connectivity index (χ3n) is 1.94. The van der Waals surface area contributed by atoms with Crippen LogP contribution < -0.4 is 10.1 Å². The second kappa shape index (κ2) is 5.51. The van der Waals surface area contributed by atoms with Gasteiger partial charge in [0.2, 0.25) is 5.91 Å². The van der Waals surface area contributed by atoms with Crippen LogP contribution in [0.1, 0.15) is 17.3 Å². The molecule has 1 aromatic carbocycles. The summed E-state index contributed by atoms with van der Waals surface area (Å²) < 4.78 is 5.04. The van der Waals surface area contributed by atoms with Gasteiger partial charge in [-0.1, -0.05) is 0 Å². The first kappa shape index (κ1) is 12.5. The number of alkyl halides is 1. The maximum atomic E-state index is 11.5. The number of anilines is 1. The molecule has 86 valence electrons. The molecule has 0 atom stereocenters. The van der Waals surface area contributed by atoms with E-state index in [0.717, 1.165) is 0 Å². The highest BCUT2D eigenvalue weighted by Crippen LogP contribution is 2.23. The number of hydrogen-bond acceptors (Lipinski definition) is 3. The van der Waals surface area contributed by atoms with Crippen LogP contribution in [-0.2, 0) is 4.79 Å². The molecule has 0 aromatic heterocycles. The van der Waals surface area contributed by atoms with Crippen LogP contribution >= 0.6 is 11.6 Å². The lowest BCUT2D eigenvalue weighted by atomic mass is 10.1. The quantitative estimate of drug-likeness (QED) is 0.649. The summed E-state index contributed by atoms with van der Waals surface area (Å²) in [6.07, 6.45) is 0. The fraction of sp³-hybridized carbons (Fsp3) is 0.273. The van der Waals surface area contributed by atoms with Crippen molar-refractivity contribution in [3.63, 3.8) is 0 Å². The van der Waals surface area contributed by atoms with Gasteiger partial charge in [-0.15, -0.1) is 11.6 Å². The van der Waals surface area contributed by atoms with Crippen LogP contribution in [0.4, 0.5) is 5.69 Å². The lowest BCUT2D eigenvalue weighted by Gasteiger charge is -2.09. The molecule has 0 spiro atoms. The van der Waals surface area contributed by atoms with E-state index in [1.807, 2.05) is 0 Å². The molecule has 16 heavy (non-hydrogen) atoms. The number of methoxy groups -OCH3 is 1. The molecule has 5 heteroatoms. The van der Waals surface area contributed by atoms with E-state index >= 15 is 0 Å². The molecule has 0 unspecified atom stereocenters. The van der Waals surface area contributed by atoms with Gasteiger partial charge < -0.3 is 10.1 Å². The maximum Gasteiger partial charge on any atom is 0.221 e. The maximum absolute atomic E-state index is 11.5. The summed E-state index contributed by atoms with van der Waals surface area (Å²) in [5, 5.41) is 2.59. The second-order valence-electron chi connectivity index (χ2n) is 3.15. The summed E-state index contributed by atoms with van der Waals surface area (Å²) in [4.78, 5) is 22.4. The van der Waals surface area contributed by atoms with Gasteiger partial charge in [0.05, 0.1) is 18.6 Å². The molecule has 0 aliphatic carbocycles. The molecule has 0 bridgehead atoms. The van der Waals surface area contributed by atoms with Crippen LogP contribution in [0.5, 0.6) is 5.75 Å². The van der Waals surface area contributed by atoms with Crippen molar-refractivity contribution >= 4 is 29.0 Å². The number of nitrogens with one attached hydrogen (secondary N) is 1. The van der Waals surface area contributed by atoms with Crippen molar-refractivity contribution < 1.29 is 14.3 Å². The number of amides is 1. The van der Waals surface area contributed by atoms with Crippen molar-refractivity contribution in [1.82, 2.24) is 0 Å². The van der Waals surface area contributed by atoms with Crippen LogP contribution in [0.25, 0.3) is 0 Å². The number of Topliss-reactive ketones (excluding diaryl/α,β-unsaturated/α-hetero) is 1. The van der Waals surface area contributed by atoms with Crippen molar-refractivity contribution in [2.75, 3.05) is 18.3 Å². The molecule has 1 rings (SSSR count). The number of benzene rings is 1. The van der Waals surface area contributed by atoms with Gasteiger partial charge >= 0.3 is 0 Å². The first-order valence-corrected chi connectivity index (χ1v) is 5.16. The van der Waals surface area contributed by atoms with E-state index in [1.165, 1.54) is 14.0 Å². The highest BCUT2D eigenvalue weighted by molar-refractivity contribution is 6.30. The Morgan fingerprint density at radius 2 is 2.12 bits per heavy atom. The monoisotopic (exact) mass is 241 g/mol. The molecule has 0 heterocycles. The van der Waals surface area contributed by atoms with Crippen LogP contribution in [0.2, 0.25) is 0 Å². The highest BCUT2D eigenvalue weighted by atomic mass is 35.5. The lowest BCUT2D eigenvalue weighted by Crippen LogP contribution is -2.08. The van der Waals surface area contributed by atoms with Gasteiger partial charge in [-0.05, 0) is 18.2 Å². The predicted octanol–water partition coefficient (Wildman–Crippen LogP) is 2.08. The van der Waals surface area contributed by atoms with Gasteiger partial charge in [-0.2, -0.15) is 0 Å². The number of carbonyl (C=O) groups excluding carboxylic acids is 2. The van der Waals surface area contributed by atoms with E-state index in [0.29, 0.717) is 17.0 Å². The number of halogens is 1. The zero-order valence-electron chi connectivity index (χ0n) is 9.04. The van der Waals surface area contributed by atoms with E-state index in [2.05, 4.69) is 5.32 Å². The fourth-order valence-corrected chi connectivity index (χ4v) is 1.42. The SMILES string of the molecule is COc1ccc(NC(C)=O)cc1C(=O)CCl. The first-order chi connectivity index (χ1) is 7.58. The average molecular weight is 242 g/mol. The minimum Gasteiger partial charge on any atom is -0.496 e. The van der Waals surface area contributed by atoms with E-state index < -0.39 is 0 Å². The Morgan fingerprint density at radius 1 is 1.44 bits per heavy atom. The predicted molar refractivity (Wildman–Crippen MR) is 62.3 cm³/mol. The zero-order valence-corrected chi connectivity index (χ0v) is 9.80. The van der Waals surface area contributed by atoms with Crippen molar-refractivity contribution in [3.05, 3.63) is 23.8 Å². The molecule has 0 aliphatic rings. The third kappa shape index (κ3) is 2.97. The zero-order chi connectivity index (χ0) is 12.1. The molecular weight excluding hydrogens is 230 g/mol. The Balaban J connectivity index is 3.10. The van der Waals surface area contributed by atoms with Crippen molar-refractivity contribution in [1.29, 1.82) is 0 Å². The summed E-state index contributed by atoms with van der Waals surface area (Å²) in [6, 6.07) is 4.82. The van der Waals surface area contributed by atoms with Crippen LogP contribution in [0, 0.1) is 0 Å². The third-order valence-corrected chi connectivity index (χ3v) is 2.18. The Hall–Kier alpha value is -1.55. The molecule has 1 amide bonds. The molecule has 0 saturated carbocycles. The summed E-state index contributed by atoms with van der Waals surface area (Å²) >= 11 is 5.48. The Labute approximate surface area is 98.5 Å². The van der Waals surface area contributed by atoms with Gasteiger partial charge in [-0.25, -0.2) is 0 Å². The minimum atomic E-state index is -0.245. The van der Waals surface area contributed by atoms with E-state index in [-0.39, 0.29) is 17.6 Å². The highest BCUT2D eigenvalue weighted by Gasteiger charge is 2.12. The first-order valence-electron chi connectivity index (χ1n) is 4.63. The summed E-state index contributed by atoms with van der Waals surface area (Å²) in [5.41, 5.74) is 0.908. The van der Waals surface area contributed by atoms with Crippen LogP contribution in [0.3, 0.4) is 0 Å². The average Bonchev–Trinajstić information content (AvgIpc) is 2.27. The topological polar surface area (TPSA) is 55.4 Å². The van der Waals surface area contributed by atoms with E-state index in [1.54, 1.807) is 18.2 Å². The number of rotatable bonds is 4. The number of hydrogen-bond donors (Lipinski definition) is 1. The Kier molecular flexibility index (Phi) is 4.31. The molecule has 0 saturated heterocycles. The normalized spacial score (nSPS) is 9.69. The molecule has 1 N–H and O–H groups in total. The molecule has 0 aliphatic heterocycles. The number of ether oxygens (including phenoxy) is 1. The van der Waals surface area contributed by atoms with Crippen molar-refractivity contribution in [3.8, 4) is 5.75 Å². The minimum absolute atomic E-state index is 0.125. The van der Waals surface area contributed by atoms with Crippen molar-refractivity contribution in [2.24, 2.45) is 0 Å². The van der Waals surface area contributed by atoms with Gasteiger partial charge in [0.1, 0.15) is 5.75 Å². The largest absolute Gasteiger partial charge is 0.496 e. The van der Waals surface area contributed by atoms with Crippen molar-refractivity contribution in [2.45, 2.75) is 6.92 Å². The fourth-order valence-electron chi connectivity index (χ4n) is 1.28. The number of carbonyl (C=O) groups is 2. The summed E-state index contributed by atoms with van der Waals surface area (Å²) in [6.45, 7) is 1.40. The van der Waals surface area contributed by atoms with Gasteiger partial charge in [0.25, 0.3) is 0 Å². The molecule has 0 radical (unpaired) electrons. The lowest BCUT2D eigenvalue weighted by molar-refractivity contribution is -0.114. The molecule has 0 fully saturated rings. The Morgan fingerprint density at radius 3 is 2.62 bits per heavy atom. The van der Waals surface area contributed by atoms with Gasteiger partial charge in [0, 0.05) is 12.6 Å². The second-order valence-corrected chi connectivity index (χ2v) is 3.42. The summed E-state index contributed by atoms with van der Waals surface area (Å²) in [7, 11) is 1.47. The molecule has 1 aromatic rings. The van der Waals surface area contributed by atoms with E-state index in [9.17, 15) is 9.59 Å². The van der Waals surface area contributed by atoms with E-state index in [4.69, 9.17) is 16.3 Å². The van der Waals surface area contributed by atoms with Gasteiger partial charge in [-0.3, -0.25) is 9.59 Å². The molecular formula is C11H12ClNO3. The van der Waals surface area contributed by atoms with Gasteiger partial charge in [0.15, 0.2) is 5.78 Å². The smallest absolute Gasteiger partial charge is 0.221 e. The standard InChI is InChI=1S/C11H12ClNO3/c1-7(14)13-8-3-4-11(16-2)9(5-8)10(15)6-12/h3-5H,6H2,1-2H3,(H,13,14). The number of ketones is 1. The Bertz CT molecular complexity index is 418. The molecule has 4 nitrogen and oxygen atoms in total.